The average Bonchev–Trinajstić information content (AvgIpc) is 2.95. The van der Waals surface area contributed by atoms with Gasteiger partial charge < -0.3 is 5.32 Å². The van der Waals surface area contributed by atoms with E-state index in [-0.39, 0.29) is 24.0 Å². The minimum Gasteiger partial charge on any atom is -0.324 e. The van der Waals surface area contributed by atoms with Crippen LogP contribution in [0.1, 0.15) is 32.1 Å². The van der Waals surface area contributed by atoms with Crippen molar-refractivity contribution in [3.8, 4) is 0 Å². The number of nitro benzene ring substituents is 1. The molecule has 10 heteroatoms. The number of fused-ring (bicyclic) bond motifs is 1. The van der Waals surface area contributed by atoms with Crippen LogP contribution in [0.5, 0.6) is 0 Å². The fourth-order valence-corrected chi connectivity index (χ4v) is 2.66. The molecule has 26 heavy (non-hydrogen) atoms. The Bertz CT molecular complexity index is 858. The van der Waals surface area contributed by atoms with Gasteiger partial charge in [0.25, 0.3) is 5.69 Å². The predicted molar refractivity (Wildman–Crippen MR) is 92.6 cm³/mol. The van der Waals surface area contributed by atoms with E-state index in [0.29, 0.717) is 23.9 Å². The molecule has 2 aromatic rings. The van der Waals surface area contributed by atoms with Crippen molar-refractivity contribution in [2.24, 2.45) is 5.92 Å². The summed E-state index contributed by atoms with van der Waals surface area (Å²) >= 11 is 0. The van der Waals surface area contributed by atoms with E-state index in [9.17, 15) is 19.7 Å². The van der Waals surface area contributed by atoms with E-state index in [1.54, 1.807) is 0 Å². The fourth-order valence-electron chi connectivity index (χ4n) is 2.66. The van der Waals surface area contributed by atoms with Crippen LogP contribution >= 0.6 is 0 Å². The summed E-state index contributed by atoms with van der Waals surface area (Å²) in [5.41, 5.74) is 0.326. The number of hydrogen-bond donors (Lipinski definition) is 2. The highest BCUT2D eigenvalue weighted by atomic mass is 16.6. The van der Waals surface area contributed by atoms with Crippen LogP contribution in [0.25, 0.3) is 0 Å². The minimum atomic E-state index is -0.831. The molecule has 1 aliphatic heterocycles. The van der Waals surface area contributed by atoms with Gasteiger partial charge in [0.05, 0.1) is 11.3 Å². The van der Waals surface area contributed by atoms with Crippen molar-refractivity contribution in [3.05, 3.63) is 40.2 Å². The van der Waals surface area contributed by atoms with Gasteiger partial charge in [0.15, 0.2) is 5.82 Å². The van der Waals surface area contributed by atoms with Gasteiger partial charge in [0.1, 0.15) is 6.04 Å². The molecule has 10 nitrogen and oxygen atoms in total. The summed E-state index contributed by atoms with van der Waals surface area (Å²) in [5, 5.41) is 20.3. The van der Waals surface area contributed by atoms with E-state index in [0.717, 1.165) is 0 Å². The summed E-state index contributed by atoms with van der Waals surface area (Å²) in [6, 6.07) is 4.63. The Kier molecular flexibility index (Phi) is 4.65. The molecule has 1 aliphatic rings. The van der Waals surface area contributed by atoms with Crippen molar-refractivity contribution >= 4 is 29.1 Å². The average molecular weight is 358 g/mol. The standard InChI is InChI=1S/C16H18N6O4/c1-9(2)7-13-18-16-19-14(23)8-12(21(16)20-13)15(24)17-10-3-5-11(6-4-10)22(25)26/h3-6,9,12H,7-8H2,1-2H3,(H,17,24)(H,18,19,20,23)/t12-/m1/s1. The Morgan fingerprint density at radius 2 is 2.12 bits per heavy atom. The number of aromatic nitrogens is 3. The molecule has 0 saturated carbocycles. The van der Waals surface area contributed by atoms with Crippen molar-refractivity contribution in [1.29, 1.82) is 0 Å². The number of nitrogens with zero attached hydrogens (tertiary/aromatic N) is 4. The maximum absolute atomic E-state index is 12.6. The largest absolute Gasteiger partial charge is 0.324 e. The number of benzene rings is 1. The lowest BCUT2D eigenvalue weighted by Gasteiger charge is -2.22. The predicted octanol–water partition coefficient (Wildman–Crippen LogP) is 1.91. The normalized spacial score (nSPS) is 16.1. The van der Waals surface area contributed by atoms with E-state index in [4.69, 9.17) is 0 Å². The van der Waals surface area contributed by atoms with Crippen LogP contribution < -0.4 is 10.6 Å². The number of nitro groups is 1. The van der Waals surface area contributed by atoms with Gasteiger partial charge in [-0.05, 0) is 18.1 Å². The van der Waals surface area contributed by atoms with Crippen LogP contribution in [0.3, 0.4) is 0 Å². The first-order valence-electron chi connectivity index (χ1n) is 8.14. The Morgan fingerprint density at radius 1 is 1.42 bits per heavy atom. The second-order valence-corrected chi connectivity index (χ2v) is 6.46. The van der Waals surface area contributed by atoms with Gasteiger partial charge in [-0.2, -0.15) is 10.1 Å². The summed E-state index contributed by atoms with van der Waals surface area (Å²) in [6.07, 6.45) is 0.572. The summed E-state index contributed by atoms with van der Waals surface area (Å²) in [5.74, 6) is 0.398. The topological polar surface area (TPSA) is 132 Å². The van der Waals surface area contributed by atoms with Crippen LogP contribution in [0, 0.1) is 16.0 Å². The Morgan fingerprint density at radius 3 is 2.73 bits per heavy atom. The molecule has 2 N–H and O–H groups in total. The van der Waals surface area contributed by atoms with Crippen molar-refractivity contribution in [3.63, 3.8) is 0 Å². The second kappa shape index (κ2) is 6.90. The van der Waals surface area contributed by atoms with E-state index >= 15 is 0 Å². The van der Waals surface area contributed by atoms with Gasteiger partial charge >= 0.3 is 0 Å². The van der Waals surface area contributed by atoms with Crippen molar-refractivity contribution in [2.45, 2.75) is 32.7 Å². The molecule has 0 fully saturated rings. The number of anilines is 2. The first-order valence-corrected chi connectivity index (χ1v) is 8.14. The number of rotatable bonds is 5. The molecule has 0 saturated heterocycles. The second-order valence-electron chi connectivity index (χ2n) is 6.46. The first-order chi connectivity index (χ1) is 12.3. The molecule has 0 spiro atoms. The molecular weight excluding hydrogens is 340 g/mol. The lowest BCUT2D eigenvalue weighted by atomic mass is 10.1. The molecule has 1 atom stereocenters. The number of carbonyl (C=O) groups is 2. The summed E-state index contributed by atoms with van der Waals surface area (Å²) in [6.45, 7) is 4.05. The summed E-state index contributed by atoms with van der Waals surface area (Å²) in [7, 11) is 0. The fraction of sp³-hybridized carbons (Fsp3) is 0.375. The van der Waals surface area contributed by atoms with Gasteiger partial charge in [-0.25, -0.2) is 4.68 Å². The van der Waals surface area contributed by atoms with Gasteiger partial charge in [0, 0.05) is 24.2 Å². The number of hydrogen-bond acceptors (Lipinski definition) is 6. The highest BCUT2D eigenvalue weighted by molar-refractivity contribution is 6.00. The molecule has 136 valence electrons. The number of non-ortho nitro benzene ring substituents is 1. The highest BCUT2D eigenvalue weighted by Crippen LogP contribution is 2.25. The van der Waals surface area contributed by atoms with E-state index in [1.165, 1.54) is 28.9 Å². The molecule has 0 radical (unpaired) electrons. The van der Waals surface area contributed by atoms with Crippen molar-refractivity contribution in [1.82, 2.24) is 14.8 Å². The first kappa shape index (κ1) is 17.5. The zero-order chi connectivity index (χ0) is 18.8. The van der Waals surface area contributed by atoms with Crippen molar-refractivity contribution in [2.75, 3.05) is 10.6 Å². The number of carbonyl (C=O) groups excluding carboxylic acids is 2. The van der Waals surface area contributed by atoms with Gasteiger partial charge in [-0.15, -0.1) is 0 Å². The third kappa shape index (κ3) is 3.68. The molecule has 1 aromatic carbocycles. The zero-order valence-corrected chi connectivity index (χ0v) is 14.3. The van der Waals surface area contributed by atoms with E-state index < -0.39 is 16.9 Å². The van der Waals surface area contributed by atoms with Crippen LogP contribution in [0.2, 0.25) is 0 Å². The lowest BCUT2D eigenvalue weighted by molar-refractivity contribution is -0.384. The summed E-state index contributed by atoms with van der Waals surface area (Å²) < 4.78 is 1.42. The van der Waals surface area contributed by atoms with Crippen molar-refractivity contribution < 1.29 is 14.5 Å². The van der Waals surface area contributed by atoms with Gasteiger partial charge in [-0.1, -0.05) is 13.8 Å². The number of nitrogens with one attached hydrogen (secondary N) is 2. The monoisotopic (exact) mass is 358 g/mol. The summed E-state index contributed by atoms with van der Waals surface area (Å²) in [4.78, 5) is 39.0. The van der Waals surface area contributed by atoms with Crippen LogP contribution in [-0.4, -0.2) is 31.5 Å². The maximum atomic E-state index is 12.6. The Hall–Kier alpha value is -3.30. The molecule has 0 unspecified atom stereocenters. The lowest BCUT2D eigenvalue weighted by Crippen LogP contribution is -2.36. The molecular formula is C16H18N6O4. The van der Waals surface area contributed by atoms with Gasteiger partial charge in [-0.3, -0.25) is 25.0 Å². The third-order valence-corrected chi connectivity index (χ3v) is 3.84. The van der Waals surface area contributed by atoms with E-state index in [1.807, 2.05) is 13.8 Å². The smallest absolute Gasteiger partial charge is 0.269 e. The van der Waals surface area contributed by atoms with Crippen LogP contribution in [0.4, 0.5) is 17.3 Å². The molecule has 0 bridgehead atoms. The van der Waals surface area contributed by atoms with Crippen LogP contribution in [0.15, 0.2) is 24.3 Å². The third-order valence-electron chi connectivity index (χ3n) is 3.84. The van der Waals surface area contributed by atoms with E-state index in [2.05, 4.69) is 20.7 Å². The van der Waals surface area contributed by atoms with Crippen LogP contribution in [-0.2, 0) is 16.0 Å². The quantitative estimate of drug-likeness (QED) is 0.620. The Labute approximate surface area is 148 Å². The molecule has 3 rings (SSSR count). The van der Waals surface area contributed by atoms with Gasteiger partial charge in [0.2, 0.25) is 17.8 Å². The Balaban J connectivity index is 1.80. The molecule has 2 heterocycles. The molecule has 1 aromatic heterocycles. The SMILES string of the molecule is CC(C)Cc1nc2n(n1)[C@@H](C(=O)Nc1ccc([N+](=O)[O-])cc1)CC(=O)N2. The highest BCUT2D eigenvalue weighted by Gasteiger charge is 2.33. The molecule has 0 aliphatic carbocycles. The minimum absolute atomic E-state index is 0.0592. The number of amides is 2. The molecule has 2 amide bonds. The maximum Gasteiger partial charge on any atom is 0.269 e. The zero-order valence-electron chi connectivity index (χ0n) is 14.3.